The lowest BCUT2D eigenvalue weighted by molar-refractivity contribution is -0.126. The molecule has 2 aromatic rings. The van der Waals surface area contributed by atoms with Gasteiger partial charge in [0.2, 0.25) is 11.8 Å². The van der Waals surface area contributed by atoms with Gasteiger partial charge in [-0.15, -0.1) is 0 Å². The molecule has 24 heavy (non-hydrogen) atoms. The first-order valence-corrected chi connectivity index (χ1v) is 7.88. The van der Waals surface area contributed by atoms with Crippen LogP contribution in [0.15, 0.2) is 58.1 Å². The van der Waals surface area contributed by atoms with Crippen LogP contribution in [0.5, 0.6) is 5.75 Å². The Morgan fingerprint density at radius 3 is 2.50 bits per heavy atom. The van der Waals surface area contributed by atoms with Crippen molar-refractivity contribution in [2.75, 3.05) is 12.4 Å². The molecule has 2 amide bonds. The predicted molar refractivity (Wildman–Crippen MR) is 96.1 cm³/mol. The Kier molecular flexibility index (Phi) is 6.51. The second-order valence-corrected chi connectivity index (χ2v) is 5.63. The van der Waals surface area contributed by atoms with E-state index in [-0.39, 0.29) is 6.42 Å². The van der Waals surface area contributed by atoms with E-state index < -0.39 is 11.8 Å². The molecule has 0 saturated heterocycles. The van der Waals surface area contributed by atoms with Crippen molar-refractivity contribution in [2.45, 2.75) is 6.42 Å². The Balaban J connectivity index is 1.81. The molecule has 7 heteroatoms. The van der Waals surface area contributed by atoms with Crippen LogP contribution >= 0.6 is 15.9 Å². The Morgan fingerprint density at radius 1 is 1.12 bits per heavy atom. The molecule has 0 spiro atoms. The van der Waals surface area contributed by atoms with E-state index >= 15 is 0 Å². The highest BCUT2D eigenvalue weighted by Gasteiger charge is 2.10. The predicted octanol–water partition coefficient (Wildman–Crippen LogP) is 2.94. The van der Waals surface area contributed by atoms with Gasteiger partial charge in [-0.05, 0) is 57.9 Å². The zero-order chi connectivity index (χ0) is 17.4. The van der Waals surface area contributed by atoms with Crippen LogP contribution in [0.25, 0.3) is 0 Å². The summed E-state index contributed by atoms with van der Waals surface area (Å²) in [7, 11) is 1.59. The van der Waals surface area contributed by atoms with Crippen molar-refractivity contribution in [2.24, 2.45) is 5.10 Å². The largest absolute Gasteiger partial charge is 0.497 e. The quantitative estimate of drug-likeness (QED) is 0.452. The van der Waals surface area contributed by atoms with E-state index in [4.69, 9.17) is 4.74 Å². The number of halogens is 1. The number of para-hydroxylation sites is 1. The van der Waals surface area contributed by atoms with Gasteiger partial charge in [0.25, 0.3) is 0 Å². The first kappa shape index (κ1) is 17.7. The number of hydrazone groups is 1. The number of carbonyl (C=O) groups is 2. The fraction of sp³-hybridized carbons (Fsp3) is 0.118. The third kappa shape index (κ3) is 5.51. The van der Waals surface area contributed by atoms with E-state index in [9.17, 15) is 9.59 Å². The maximum absolute atomic E-state index is 11.8. The first-order valence-electron chi connectivity index (χ1n) is 7.09. The minimum absolute atomic E-state index is 0.318. The highest BCUT2D eigenvalue weighted by molar-refractivity contribution is 9.10. The van der Waals surface area contributed by atoms with Gasteiger partial charge < -0.3 is 10.1 Å². The number of carbonyl (C=O) groups excluding carboxylic acids is 2. The average Bonchev–Trinajstić information content (AvgIpc) is 2.57. The lowest BCUT2D eigenvalue weighted by atomic mass is 10.2. The second kappa shape index (κ2) is 8.83. The maximum atomic E-state index is 11.8. The molecule has 0 aliphatic heterocycles. The summed E-state index contributed by atoms with van der Waals surface area (Å²) in [6.45, 7) is 0. The van der Waals surface area contributed by atoms with Crippen LogP contribution in [0.4, 0.5) is 5.69 Å². The van der Waals surface area contributed by atoms with Crippen LogP contribution in [-0.2, 0) is 9.59 Å². The molecule has 2 aromatic carbocycles. The van der Waals surface area contributed by atoms with E-state index in [1.807, 2.05) is 6.07 Å². The Bertz CT molecular complexity index is 745. The number of hydrogen-bond donors (Lipinski definition) is 2. The van der Waals surface area contributed by atoms with Crippen molar-refractivity contribution in [1.82, 2.24) is 5.43 Å². The third-order valence-electron chi connectivity index (χ3n) is 2.99. The summed E-state index contributed by atoms with van der Waals surface area (Å²) in [5.74, 6) is -0.178. The van der Waals surface area contributed by atoms with E-state index in [1.165, 1.54) is 6.21 Å². The zero-order valence-electron chi connectivity index (χ0n) is 13.0. The summed E-state index contributed by atoms with van der Waals surface area (Å²) in [6, 6.07) is 14.3. The van der Waals surface area contributed by atoms with E-state index in [1.54, 1.807) is 49.6 Å². The smallest absolute Gasteiger partial charge is 0.249 e. The van der Waals surface area contributed by atoms with Crippen LogP contribution in [0, 0.1) is 0 Å². The first-order chi connectivity index (χ1) is 11.6. The summed E-state index contributed by atoms with van der Waals surface area (Å²) in [5, 5.41) is 6.47. The maximum Gasteiger partial charge on any atom is 0.249 e. The number of nitrogens with one attached hydrogen (secondary N) is 2. The van der Waals surface area contributed by atoms with Gasteiger partial charge in [-0.25, -0.2) is 5.43 Å². The Hall–Kier alpha value is -2.67. The highest BCUT2D eigenvalue weighted by Crippen LogP contribution is 2.21. The summed E-state index contributed by atoms with van der Waals surface area (Å²) in [4.78, 5) is 23.5. The minimum atomic E-state index is -0.496. The lowest BCUT2D eigenvalue weighted by Gasteiger charge is -2.06. The molecule has 0 radical (unpaired) electrons. The molecular weight excluding hydrogens is 374 g/mol. The third-order valence-corrected chi connectivity index (χ3v) is 3.68. The number of benzene rings is 2. The van der Waals surface area contributed by atoms with Gasteiger partial charge in [0.05, 0.1) is 19.0 Å². The van der Waals surface area contributed by atoms with Gasteiger partial charge in [-0.2, -0.15) is 5.10 Å². The molecular formula is C17H16BrN3O3. The van der Waals surface area contributed by atoms with Crippen LogP contribution in [0.2, 0.25) is 0 Å². The molecule has 0 bridgehead atoms. The fourth-order valence-electron chi connectivity index (χ4n) is 1.81. The second-order valence-electron chi connectivity index (χ2n) is 4.77. The molecule has 0 heterocycles. The van der Waals surface area contributed by atoms with Crippen LogP contribution in [0.3, 0.4) is 0 Å². The number of amides is 2. The number of rotatable bonds is 6. The summed E-state index contributed by atoms with van der Waals surface area (Å²) in [5.41, 5.74) is 3.73. The Morgan fingerprint density at radius 2 is 1.83 bits per heavy atom. The zero-order valence-corrected chi connectivity index (χ0v) is 14.5. The minimum Gasteiger partial charge on any atom is -0.497 e. The number of nitrogens with zero attached hydrogens (tertiary/aromatic N) is 1. The van der Waals surface area contributed by atoms with Crippen molar-refractivity contribution < 1.29 is 14.3 Å². The average molecular weight is 390 g/mol. The summed E-state index contributed by atoms with van der Waals surface area (Å²) >= 11 is 3.32. The number of hydrogen-bond acceptors (Lipinski definition) is 4. The topological polar surface area (TPSA) is 79.8 Å². The molecule has 0 aromatic heterocycles. The van der Waals surface area contributed by atoms with E-state index in [2.05, 4.69) is 31.8 Å². The number of methoxy groups -OCH3 is 1. The van der Waals surface area contributed by atoms with Crippen molar-refractivity contribution >= 4 is 39.6 Å². The van der Waals surface area contributed by atoms with Crippen molar-refractivity contribution in [3.05, 3.63) is 58.6 Å². The molecule has 0 saturated carbocycles. The van der Waals surface area contributed by atoms with Gasteiger partial charge >= 0.3 is 0 Å². The monoisotopic (exact) mass is 389 g/mol. The van der Waals surface area contributed by atoms with Gasteiger partial charge in [0.1, 0.15) is 12.2 Å². The van der Waals surface area contributed by atoms with Crippen molar-refractivity contribution in [1.29, 1.82) is 0 Å². The molecule has 0 fully saturated rings. The molecule has 0 atom stereocenters. The van der Waals surface area contributed by atoms with Gasteiger partial charge in [0, 0.05) is 4.47 Å². The molecule has 124 valence electrons. The highest BCUT2D eigenvalue weighted by atomic mass is 79.9. The SMILES string of the molecule is COc1ccc(C=NNC(=O)CC(=O)Nc2ccccc2Br)cc1. The van der Waals surface area contributed by atoms with Crippen LogP contribution < -0.4 is 15.5 Å². The molecule has 2 N–H and O–H groups in total. The van der Waals surface area contributed by atoms with Crippen LogP contribution in [-0.4, -0.2) is 25.1 Å². The molecule has 0 aliphatic carbocycles. The van der Waals surface area contributed by atoms with E-state index in [0.29, 0.717) is 5.69 Å². The standard InChI is InChI=1S/C17H16BrN3O3/c1-24-13-8-6-12(7-9-13)11-19-21-17(23)10-16(22)20-15-5-3-2-4-14(15)18/h2-9,11H,10H2,1H3,(H,20,22)(H,21,23). The van der Waals surface area contributed by atoms with Gasteiger partial charge in [0.15, 0.2) is 0 Å². The molecule has 0 unspecified atom stereocenters. The molecule has 2 rings (SSSR count). The summed E-state index contributed by atoms with van der Waals surface area (Å²) in [6.07, 6.45) is 1.17. The van der Waals surface area contributed by atoms with Crippen LogP contribution in [0.1, 0.15) is 12.0 Å². The normalized spacial score (nSPS) is 10.4. The Labute approximate surface area is 148 Å². The lowest BCUT2D eigenvalue weighted by Crippen LogP contribution is -2.24. The summed E-state index contributed by atoms with van der Waals surface area (Å²) < 4.78 is 5.80. The number of ether oxygens (including phenoxy) is 1. The molecule has 0 aliphatic rings. The molecule has 6 nitrogen and oxygen atoms in total. The van der Waals surface area contributed by atoms with Gasteiger partial charge in [-0.1, -0.05) is 12.1 Å². The van der Waals surface area contributed by atoms with Gasteiger partial charge in [-0.3, -0.25) is 9.59 Å². The fourth-order valence-corrected chi connectivity index (χ4v) is 2.20. The van der Waals surface area contributed by atoms with Crippen molar-refractivity contribution in [3.63, 3.8) is 0 Å². The van der Waals surface area contributed by atoms with Crippen molar-refractivity contribution in [3.8, 4) is 5.75 Å². The number of anilines is 1. The van der Waals surface area contributed by atoms with E-state index in [0.717, 1.165) is 15.8 Å².